The summed E-state index contributed by atoms with van der Waals surface area (Å²) in [4.78, 5) is 35.2. The number of nitrogens with one attached hydrogen (secondary N) is 1. The summed E-state index contributed by atoms with van der Waals surface area (Å²) >= 11 is 0. The van der Waals surface area contributed by atoms with Crippen molar-refractivity contribution in [2.75, 3.05) is 13.7 Å². The van der Waals surface area contributed by atoms with Gasteiger partial charge in [0.05, 0.1) is 25.5 Å². The van der Waals surface area contributed by atoms with Crippen molar-refractivity contribution in [2.45, 2.75) is 26.2 Å². The van der Waals surface area contributed by atoms with Crippen molar-refractivity contribution in [3.63, 3.8) is 0 Å². The van der Waals surface area contributed by atoms with Crippen LogP contribution < -0.4 is 10.1 Å². The number of hydrogen-bond donors (Lipinski definition) is 1. The molecule has 1 N–H and O–H groups in total. The number of imidazole rings is 1. The zero-order valence-electron chi connectivity index (χ0n) is 20.3. The van der Waals surface area contributed by atoms with Crippen molar-refractivity contribution in [1.82, 2.24) is 24.8 Å². The first-order valence-corrected chi connectivity index (χ1v) is 12.1. The average Bonchev–Trinajstić information content (AvgIpc) is 3.38. The van der Waals surface area contributed by atoms with E-state index in [1.807, 2.05) is 48.7 Å². The van der Waals surface area contributed by atoms with Gasteiger partial charge in [0, 0.05) is 54.3 Å². The van der Waals surface area contributed by atoms with Crippen LogP contribution in [-0.2, 0) is 31.0 Å². The molecule has 9 nitrogen and oxygen atoms in total. The van der Waals surface area contributed by atoms with Crippen LogP contribution in [0, 0.1) is 0 Å². The van der Waals surface area contributed by atoms with E-state index in [1.165, 1.54) is 7.11 Å². The van der Waals surface area contributed by atoms with Crippen LogP contribution >= 0.6 is 0 Å². The van der Waals surface area contributed by atoms with Crippen LogP contribution in [0.2, 0.25) is 0 Å². The Hall–Kier alpha value is -4.66. The minimum absolute atomic E-state index is 0.168. The molecule has 4 aromatic rings. The third kappa shape index (κ3) is 4.29. The number of nitrogens with zero attached hydrogens (tertiary/aromatic N) is 4. The van der Waals surface area contributed by atoms with E-state index in [2.05, 4.69) is 19.9 Å². The number of amides is 2. The lowest BCUT2D eigenvalue weighted by Crippen LogP contribution is -2.38. The molecular formula is C28H25N5O4. The minimum Gasteiger partial charge on any atom is -0.488 e. The minimum atomic E-state index is -0.334. The first kappa shape index (κ1) is 22.8. The second kappa shape index (κ2) is 9.42. The van der Waals surface area contributed by atoms with Crippen molar-refractivity contribution >= 4 is 12.0 Å². The van der Waals surface area contributed by atoms with E-state index in [0.717, 1.165) is 39.3 Å². The van der Waals surface area contributed by atoms with Gasteiger partial charge in [-0.15, -0.1) is 0 Å². The third-order valence-electron chi connectivity index (χ3n) is 6.78. The molecule has 2 amide bonds. The molecule has 0 spiro atoms. The lowest BCUT2D eigenvalue weighted by atomic mass is 9.97. The Morgan fingerprint density at radius 2 is 2.00 bits per heavy atom. The van der Waals surface area contributed by atoms with E-state index in [0.29, 0.717) is 44.1 Å². The molecule has 2 aromatic carbocycles. The maximum Gasteiger partial charge on any atom is 0.409 e. The number of rotatable bonds is 4. The Kier molecular flexibility index (Phi) is 5.80. The molecule has 0 saturated carbocycles. The van der Waals surface area contributed by atoms with Gasteiger partial charge in [-0.3, -0.25) is 9.78 Å². The molecule has 186 valence electrons. The monoisotopic (exact) mass is 495 g/mol. The van der Waals surface area contributed by atoms with Crippen molar-refractivity contribution < 1.29 is 19.1 Å². The summed E-state index contributed by atoms with van der Waals surface area (Å²) in [5.41, 5.74) is 6.51. The van der Waals surface area contributed by atoms with Gasteiger partial charge in [0.25, 0.3) is 5.91 Å². The number of aromatic nitrogens is 3. The smallest absolute Gasteiger partial charge is 0.409 e. The van der Waals surface area contributed by atoms with Crippen molar-refractivity contribution in [1.29, 1.82) is 0 Å². The Balaban J connectivity index is 1.15. The Labute approximate surface area is 213 Å². The van der Waals surface area contributed by atoms with Crippen LogP contribution in [0.25, 0.3) is 22.5 Å². The summed E-state index contributed by atoms with van der Waals surface area (Å²) in [6.45, 7) is 2.48. The maximum atomic E-state index is 12.9. The number of pyridine rings is 1. The molecule has 9 heteroatoms. The van der Waals surface area contributed by atoms with E-state index in [1.54, 1.807) is 23.4 Å². The maximum absolute atomic E-state index is 12.9. The van der Waals surface area contributed by atoms with Gasteiger partial charge in [0.2, 0.25) is 0 Å². The number of fused-ring (bicyclic) bond motifs is 4. The van der Waals surface area contributed by atoms with Crippen LogP contribution in [-0.4, -0.2) is 45.1 Å². The molecule has 0 fully saturated rings. The summed E-state index contributed by atoms with van der Waals surface area (Å²) in [7, 11) is 1.39. The van der Waals surface area contributed by atoms with Crippen LogP contribution in [0.1, 0.15) is 27.2 Å². The Morgan fingerprint density at radius 1 is 1.08 bits per heavy atom. The number of methoxy groups -OCH3 is 1. The van der Waals surface area contributed by atoms with Gasteiger partial charge < -0.3 is 24.3 Å². The fourth-order valence-corrected chi connectivity index (χ4v) is 4.87. The topological polar surface area (TPSA) is 98.6 Å². The molecule has 4 heterocycles. The second-order valence-electron chi connectivity index (χ2n) is 9.03. The highest BCUT2D eigenvalue weighted by Crippen LogP contribution is 2.37. The highest BCUT2D eigenvalue weighted by atomic mass is 16.5. The quantitative estimate of drug-likeness (QED) is 0.459. The summed E-state index contributed by atoms with van der Waals surface area (Å²) in [6, 6.07) is 15.5. The van der Waals surface area contributed by atoms with Gasteiger partial charge in [0.15, 0.2) is 0 Å². The normalized spacial score (nSPS) is 13.6. The highest BCUT2D eigenvalue weighted by molar-refractivity contribution is 5.95. The van der Waals surface area contributed by atoms with Gasteiger partial charge in [-0.25, -0.2) is 9.78 Å². The molecule has 0 aliphatic carbocycles. The van der Waals surface area contributed by atoms with Gasteiger partial charge in [0.1, 0.15) is 18.2 Å². The zero-order valence-corrected chi connectivity index (χ0v) is 20.3. The second-order valence-corrected chi connectivity index (χ2v) is 9.03. The molecule has 37 heavy (non-hydrogen) atoms. The average molecular weight is 496 g/mol. The lowest BCUT2D eigenvalue weighted by Gasteiger charge is -2.27. The lowest BCUT2D eigenvalue weighted by molar-refractivity contribution is 0.0950. The number of hydrogen-bond acceptors (Lipinski definition) is 6. The SMILES string of the molecule is COC(=O)N1CCn2c(cnc2-c2cccc(CNC(=O)c3ccc4c(c3)OCc3cnccc3-4)c2)C1. The van der Waals surface area contributed by atoms with Gasteiger partial charge >= 0.3 is 6.09 Å². The van der Waals surface area contributed by atoms with E-state index >= 15 is 0 Å². The van der Waals surface area contributed by atoms with E-state index < -0.39 is 0 Å². The van der Waals surface area contributed by atoms with Gasteiger partial charge in [-0.05, 0) is 41.5 Å². The molecule has 0 saturated heterocycles. The van der Waals surface area contributed by atoms with Gasteiger partial charge in [-0.2, -0.15) is 0 Å². The molecule has 6 rings (SSSR count). The molecule has 0 bridgehead atoms. The predicted octanol–water partition coefficient (Wildman–Crippen LogP) is 4.02. The van der Waals surface area contributed by atoms with Crippen LogP contribution in [0.4, 0.5) is 4.79 Å². The predicted molar refractivity (Wildman–Crippen MR) is 136 cm³/mol. The van der Waals surface area contributed by atoms with Crippen LogP contribution in [0.15, 0.2) is 67.1 Å². The number of benzene rings is 2. The van der Waals surface area contributed by atoms with Gasteiger partial charge in [-0.1, -0.05) is 18.2 Å². The summed E-state index contributed by atoms with van der Waals surface area (Å²) in [5, 5.41) is 3.01. The van der Waals surface area contributed by atoms with Crippen molar-refractivity contribution in [2.24, 2.45) is 0 Å². The highest BCUT2D eigenvalue weighted by Gasteiger charge is 2.24. The Bertz CT molecular complexity index is 1510. The third-order valence-corrected chi connectivity index (χ3v) is 6.78. The molecule has 0 atom stereocenters. The number of carbonyl (C=O) groups excluding carboxylic acids is 2. The molecular weight excluding hydrogens is 470 g/mol. The molecule has 0 unspecified atom stereocenters. The summed E-state index contributed by atoms with van der Waals surface area (Å²) < 4.78 is 12.8. The summed E-state index contributed by atoms with van der Waals surface area (Å²) in [6.07, 6.45) is 5.04. The number of carbonyl (C=O) groups is 2. The first-order valence-electron chi connectivity index (χ1n) is 12.1. The largest absolute Gasteiger partial charge is 0.488 e. The van der Waals surface area contributed by atoms with E-state index in [-0.39, 0.29) is 12.0 Å². The fourth-order valence-electron chi connectivity index (χ4n) is 4.87. The standard InChI is InChI=1S/C28H25N5O4/c1-36-28(35)32-9-10-33-22(16-32)15-30-26(33)19-4-2-3-18(11-19)13-31-27(34)20-5-6-24-23-7-8-29-14-21(23)17-37-25(24)12-20/h2-8,11-12,14-15H,9-10,13,16-17H2,1H3,(H,31,34). The molecule has 2 aromatic heterocycles. The van der Waals surface area contributed by atoms with E-state index in [9.17, 15) is 9.59 Å². The van der Waals surface area contributed by atoms with E-state index in [4.69, 9.17) is 9.47 Å². The Morgan fingerprint density at radius 3 is 2.89 bits per heavy atom. The fraction of sp³-hybridized carbons (Fsp3) is 0.214. The first-order chi connectivity index (χ1) is 18.1. The molecule has 0 radical (unpaired) electrons. The molecule has 2 aliphatic rings. The van der Waals surface area contributed by atoms with Crippen molar-refractivity contribution in [3.8, 4) is 28.3 Å². The van der Waals surface area contributed by atoms with Crippen LogP contribution in [0.3, 0.4) is 0 Å². The zero-order chi connectivity index (χ0) is 25.4. The summed E-state index contributed by atoms with van der Waals surface area (Å²) in [5.74, 6) is 1.37. The molecule has 2 aliphatic heterocycles. The number of ether oxygens (including phenoxy) is 2. The van der Waals surface area contributed by atoms with Crippen LogP contribution in [0.5, 0.6) is 5.75 Å². The van der Waals surface area contributed by atoms with Crippen molar-refractivity contribution in [3.05, 3.63) is 89.5 Å².